The number of anilines is 2. The Kier molecular flexibility index (Phi) is 7.56. The second-order valence-corrected chi connectivity index (χ2v) is 4.76. The highest BCUT2D eigenvalue weighted by Crippen LogP contribution is 2.19. The molecule has 0 radical (unpaired) electrons. The van der Waals surface area contributed by atoms with Crippen LogP contribution in [0.15, 0.2) is 5.16 Å². The fourth-order valence-corrected chi connectivity index (χ4v) is 1.95. The van der Waals surface area contributed by atoms with Gasteiger partial charge in [-0.1, -0.05) is 25.6 Å². The van der Waals surface area contributed by atoms with E-state index >= 15 is 0 Å². The first-order valence-electron chi connectivity index (χ1n) is 6.63. The summed E-state index contributed by atoms with van der Waals surface area (Å²) in [4.78, 5) is 23.8. The number of hydrogen-bond donors (Lipinski definition) is 0. The Hall–Kier alpha value is -1.12. The molecule has 0 amide bonds. The molecule has 1 aromatic rings. The van der Waals surface area contributed by atoms with Crippen molar-refractivity contribution in [1.29, 1.82) is 0 Å². The van der Waals surface area contributed by atoms with Gasteiger partial charge in [0, 0.05) is 13.1 Å². The number of rotatable bonds is 9. The van der Waals surface area contributed by atoms with Gasteiger partial charge in [-0.15, -0.1) is 0 Å². The van der Waals surface area contributed by atoms with E-state index in [1.807, 2.05) is 6.26 Å². The van der Waals surface area contributed by atoms with E-state index in [9.17, 15) is 0 Å². The van der Waals surface area contributed by atoms with Gasteiger partial charge >= 0.3 is 0 Å². The molecule has 0 aliphatic rings. The van der Waals surface area contributed by atoms with Crippen molar-refractivity contribution in [2.45, 2.75) is 31.8 Å². The number of nitrogens with zero attached hydrogens (tertiary/aromatic N) is 5. The summed E-state index contributed by atoms with van der Waals surface area (Å²) in [5.74, 6) is 1.00. The molecule has 0 N–H and O–H groups in total. The van der Waals surface area contributed by atoms with E-state index < -0.39 is 0 Å². The van der Waals surface area contributed by atoms with Gasteiger partial charge in [0.05, 0.1) is 14.2 Å². The Balaban J connectivity index is 3.12. The largest absolute Gasteiger partial charge is 0.274 e. The fraction of sp³-hybridized carbons (Fsp3) is 0.750. The van der Waals surface area contributed by atoms with E-state index in [4.69, 9.17) is 9.68 Å². The molecule has 0 bridgehead atoms. The Bertz CT molecular complexity index is 375. The molecular formula is C12H23N5O2S. The molecule has 0 aromatic carbocycles. The molecule has 0 aliphatic heterocycles. The summed E-state index contributed by atoms with van der Waals surface area (Å²) in [7, 11) is 3.22. The van der Waals surface area contributed by atoms with Crippen LogP contribution in [0.4, 0.5) is 11.9 Å². The molecule has 0 spiro atoms. The maximum atomic E-state index is 5.32. The quantitative estimate of drug-likeness (QED) is 0.508. The average Bonchev–Trinajstić information content (AvgIpc) is 2.49. The molecule has 114 valence electrons. The lowest BCUT2D eigenvalue weighted by Gasteiger charge is -2.22. The van der Waals surface area contributed by atoms with E-state index in [1.54, 1.807) is 24.3 Å². The van der Waals surface area contributed by atoms with Crippen LogP contribution in [-0.4, -0.2) is 48.5 Å². The first-order chi connectivity index (χ1) is 9.69. The van der Waals surface area contributed by atoms with Crippen LogP contribution in [-0.2, 0) is 9.68 Å². The first kappa shape index (κ1) is 16.9. The van der Waals surface area contributed by atoms with Gasteiger partial charge in [-0.2, -0.15) is 15.0 Å². The third-order valence-corrected chi connectivity index (χ3v) is 3.06. The first-order valence-corrected chi connectivity index (χ1v) is 7.85. The van der Waals surface area contributed by atoms with Crippen molar-refractivity contribution in [3.8, 4) is 0 Å². The molecule has 0 saturated heterocycles. The van der Waals surface area contributed by atoms with Gasteiger partial charge < -0.3 is 0 Å². The van der Waals surface area contributed by atoms with Gasteiger partial charge in [0.15, 0.2) is 5.16 Å². The zero-order valence-corrected chi connectivity index (χ0v) is 13.6. The molecule has 0 atom stereocenters. The van der Waals surface area contributed by atoms with E-state index in [0.29, 0.717) is 30.1 Å². The van der Waals surface area contributed by atoms with Crippen LogP contribution in [0.25, 0.3) is 0 Å². The number of thioether (sulfide) groups is 1. The van der Waals surface area contributed by atoms with Crippen LogP contribution < -0.4 is 10.1 Å². The molecule has 1 heterocycles. The smallest absolute Gasteiger partial charge is 0.255 e. The molecule has 7 nitrogen and oxygen atoms in total. The lowest BCUT2D eigenvalue weighted by molar-refractivity contribution is 0.154. The van der Waals surface area contributed by atoms with Crippen LogP contribution >= 0.6 is 11.8 Å². The van der Waals surface area contributed by atoms with Gasteiger partial charge in [-0.25, -0.2) is 10.1 Å². The second kappa shape index (κ2) is 8.93. The van der Waals surface area contributed by atoms with E-state index in [-0.39, 0.29) is 0 Å². The lowest BCUT2D eigenvalue weighted by Crippen LogP contribution is -2.29. The van der Waals surface area contributed by atoms with E-state index in [1.165, 1.54) is 11.8 Å². The molecule has 0 saturated carbocycles. The third kappa shape index (κ3) is 4.46. The average molecular weight is 301 g/mol. The second-order valence-electron chi connectivity index (χ2n) is 3.99. The molecule has 20 heavy (non-hydrogen) atoms. The molecule has 1 aromatic heterocycles. The van der Waals surface area contributed by atoms with E-state index in [2.05, 4.69) is 28.8 Å². The summed E-state index contributed by atoms with van der Waals surface area (Å²) in [5, 5.41) is 3.95. The molecule has 0 unspecified atom stereocenters. The zero-order chi connectivity index (χ0) is 15.0. The molecule has 8 heteroatoms. The SMILES string of the molecule is CCCN(OC)c1nc(SC)nc(N(CCC)OC)n1. The number of aromatic nitrogens is 3. The maximum Gasteiger partial charge on any atom is 0.255 e. The standard InChI is InChI=1S/C12H23N5O2S/c1-6-8-16(18-3)10-13-11(15-12(14-10)20-5)17(19-4)9-7-2/h6-9H2,1-5H3. The highest BCUT2D eigenvalue weighted by molar-refractivity contribution is 7.98. The van der Waals surface area contributed by atoms with Crippen molar-refractivity contribution in [3.63, 3.8) is 0 Å². The molecule has 0 fully saturated rings. The van der Waals surface area contributed by atoms with Crippen molar-refractivity contribution in [1.82, 2.24) is 15.0 Å². The molecular weight excluding hydrogens is 278 g/mol. The summed E-state index contributed by atoms with van der Waals surface area (Å²) < 4.78 is 0. The maximum absolute atomic E-state index is 5.32. The summed E-state index contributed by atoms with van der Waals surface area (Å²) in [5.41, 5.74) is 0. The Labute approximate surface area is 124 Å². The minimum absolute atomic E-state index is 0.502. The Morgan fingerprint density at radius 2 is 1.35 bits per heavy atom. The normalized spacial score (nSPS) is 10.7. The summed E-state index contributed by atoms with van der Waals surface area (Å²) in [6, 6.07) is 0. The van der Waals surface area contributed by atoms with Crippen molar-refractivity contribution in [2.24, 2.45) is 0 Å². The van der Waals surface area contributed by atoms with Crippen molar-refractivity contribution in [3.05, 3.63) is 0 Å². The van der Waals surface area contributed by atoms with Crippen LogP contribution in [0.2, 0.25) is 0 Å². The van der Waals surface area contributed by atoms with Crippen molar-refractivity contribution >= 4 is 23.7 Å². The van der Waals surface area contributed by atoms with Gasteiger partial charge in [-0.05, 0) is 19.1 Å². The number of hydroxylamine groups is 2. The van der Waals surface area contributed by atoms with Crippen LogP contribution in [0.5, 0.6) is 0 Å². The zero-order valence-electron chi connectivity index (χ0n) is 12.8. The minimum atomic E-state index is 0.502. The van der Waals surface area contributed by atoms with E-state index in [0.717, 1.165) is 12.8 Å². The monoisotopic (exact) mass is 301 g/mol. The Morgan fingerprint density at radius 1 is 0.900 bits per heavy atom. The predicted octanol–water partition coefficient (Wildman–Crippen LogP) is 2.15. The van der Waals surface area contributed by atoms with Crippen LogP contribution in [0.1, 0.15) is 26.7 Å². The van der Waals surface area contributed by atoms with Gasteiger partial charge in [-0.3, -0.25) is 9.68 Å². The highest BCUT2D eigenvalue weighted by atomic mass is 32.2. The third-order valence-electron chi connectivity index (χ3n) is 2.51. The summed E-state index contributed by atoms with van der Waals surface area (Å²) in [6.07, 6.45) is 3.80. The summed E-state index contributed by atoms with van der Waals surface area (Å²) in [6.45, 7) is 5.58. The fourth-order valence-electron chi connectivity index (χ4n) is 1.60. The van der Waals surface area contributed by atoms with Gasteiger partial charge in [0.25, 0.3) is 11.9 Å². The molecule has 1 rings (SSSR count). The van der Waals surface area contributed by atoms with Crippen LogP contribution in [0, 0.1) is 0 Å². The lowest BCUT2D eigenvalue weighted by atomic mass is 10.5. The predicted molar refractivity (Wildman–Crippen MR) is 80.9 cm³/mol. The summed E-state index contributed by atoms with van der Waals surface area (Å²) >= 11 is 1.46. The number of hydrogen-bond acceptors (Lipinski definition) is 8. The van der Waals surface area contributed by atoms with Gasteiger partial charge in [0.1, 0.15) is 0 Å². The van der Waals surface area contributed by atoms with Gasteiger partial charge in [0.2, 0.25) is 0 Å². The minimum Gasteiger partial charge on any atom is -0.274 e. The molecule has 0 aliphatic carbocycles. The van der Waals surface area contributed by atoms with Crippen LogP contribution in [0.3, 0.4) is 0 Å². The topological polar surface area (TPSA) is 63.6 Å². The van der Waals surface area contributed by atoms with Crippen molar-refractivity contribution in [2.75, 3.05) is 43.7 Å². The highest BCUT2D eigenvalue weighted by Gasteiger charge is 2.16. The Morgan fingerprint density at radius 3 is 1.65 bits per heavy atom. The van der Waals surface area contributed by atoms with Crippen molar-refractivity contribution < 1.29 is 9.68 Å².